The van der Waals surface area contributed by atoms with Crippen molar-refractivity contribution in [3.05, 3.63) is 48.9 Å². The van der Waals surface area contributed by atoms with Gasteiger partial charge in [0.2, 0.25) is 0 Å². The summed E-state index contributed by atoms with van der Waals surface area (Å²) in [5.41, 5.74) is 3.35. The van der Waals surface area contributed by atoms with E-state index in [2.05, 4.69) is 20.6 Å². The van der Waals surface area contributed by atoms with E-state index in [0.29, 0.717) is 6.29 Å². The van der Waals surface area contributed by atoms with Crippen LogP contribution in [0, 0.1) is 0 Å². The summed E-state index contributed by atoms with van der Waals surface area (Å²) in [5.74, 6) is -2.94. The number of hydrogen-bond acceptors (Lipinski definition) is 14. The van der Waals surface area contributed by atoms with E-state index in [-0.39, 0.29) is 50.7 Å². The van der Waals surface area contributed by atoms with Crippen LogP contribution in [0.4, 0.5) is 5.13 Å². The normalized spacial score (nSPS) is 18.7. The fourth-order valence-corrected chi connectivity index (χ4v) is 6.11. The maximum Gasteiger partial charge on any atom is 0.352 e. The van der Waals surface area contributed by atoms with Crippen LogP contribution in [-0.4, -0.2) is 88.7 Å². The van der Waals surface area contributed by atoms with Gasteiger partial charge < -0.3 is 25.8 Å². The van der Waals surface area contributed by atoms with Crippen LogP contribution < -0.4 is 22.2 Å². The Morgan fingerprint density at radius 1 is 1.41 bits per heavy atom. The highest BCUT2D eigenvalue weighted by Gasteiger charge is 2.54. The van der Waals surface area contributed by atoms with Gasteiger partial charge in [-0.2, -0.15) is 5.10 Å². The van der Waals surface area contributed by atoms with Gasteiger partial charge in [0.1, 0.15) is 36.2 Å². The number of nitrogens with two attached hydrogens (primary N) is 1. The van der Waals surface area contributed by atoms with Crippen LogP contribution in [0.15, 0.2) is 31.4 Å². The van der Waals surface area contributed by atoms with Crippen molar-refractivity contribution >= 4 is 75.1 Å². The maximum absolute atomic E-state index is 13.0. The Hall–Kier alpha value is -4.23. The van der Waals surface area contributed by atoms with Gasteiger partial charge in [-0.3, -0.25) is 28.6 Å². The molecule has 1 fully saturated rings. The van der Waals surface area contributed by atoms with Crippen LogP contribution in [0.3, 0.4) is 0 Å². The Bertz CT molecular complexity index is 1570. The number of oxime groups is 1. The fraction of sp³-hybridized carbons (Fsp3) is 0.300. The molecule has 2 aliphatic rings. The molecule has 0 aromatic carbocycles. The van der Waals surface area contributed by atoms with Gasteiger partial charge in [0, 0.05) is 17.6 Å². The van der Waals surface area contributed by atoms with Crippen molar-refractivity contribution in [1.82, 2.24) is 30.0 Å². The molecule has 4 rings (SSSR count). The lowest BCUT2D eigenvalue weighted by molar-refractivity contribution is -0.150. The summed E-state index contributed by atoms with van der Waals surface area (Å²) in [6, 6.07) is -1.07. The number of thioether (sulfide) groups is 1. The first-order valence-electron chi connectivity index (χ1n) is 10.8. The molecule has 2 aliphatic heterocycles. The van der Waals surface area contributed by atoms with Gasteiger partial charge in [-0.15, -0.1) is 23.1 Å². The second kappa shape index (κ2) is 11.3. The number of aldehydes is 1. The van der Waals surface area contributed by atoms with Crippen molar-refractivity contribution in [2.24, 2.45) is 5.16 Å². The SMILES string of the molecule is CON=C(C(=O)NC1C(=O)N2C(C(=O)O)=C(CC(=S)c3n[nH]c(=O)c(=O)n3CC=O)CSC12)c1csc(N)n1. The van der Waals surface area contributed by atoms with Gasteiger partial charge in [0.25, 0.3) is 11.8 Å². The van der Waals surface area contributed by atoms with E-state index >= 15 is 0 Å². The van der Waals surface area contributed by atoms with Crippen LogP contribution >= 0.6 is 35.3 Å². The highest BCUT2D eigenvalue weighted by Crippen LogP contribution is 2.41. The molecule has 16 nitrogen and oxygen atoms in total. The Kier molecular flexibility index (Phi) is 8.02. The Morgan fingerprint density at radius 3 is 2.77 bits per heavy atom. The van der Waals surface area contributed by atoms with Crippen LogP contribution in [-0.2, 0) is 30.6 Å². The number of nitrogens with zero attached hydrogens (tertiary/aromatic N) is 5. The molecule has 1 saturated heterocycles. The number of carbonyl (C=O) groups is 4. The number of aromatic amines is 1. The molecule has 19 heteroatoms. The van der Waals surface area contributed by atoms with Crippen molar-refractivity contribution in [2.45, 2.75) is 24.4 Å². The third-order valence-corrected chi connectivity index (χ3v) is 7.88. The molecule has 0 saturated carbocycles. The number of anilines is 1. The van der Waals surface area contributed by atoms with E-state index in [1.807, 2.05) is 5.10 Å². The monoisotopic (exact) mass is 594 g/mol. The second-order valence-corrected chi connectivity index (χ2v) is 10.4. The van der Waals surface area contributed by atoms with Crippen molar-refractivity contribution in [1.29, 1.82) is 0 Å². The number of aliphatic carboxylic acids is 1. The zero-order valence-corrected chi connectivity index (χ0v) is 22.2. The Balaban J connectivity index is 1.57. The molecule has 0 radical (unpaired) electrons. The number of nitrogen functional groups attached to an aromatic ring is 1. The number of fused-ring (bicyclic) bond motifs is 1. The third-order valence-electron chi connectivity index (χ3n) is 5.54. The molecule has 0 spiro atoms. The summed E-state index contributed by atoms with van der Waals surface area (Å²) in [5, 5.41) is 22.8. The first-order chi connectivity index (χ1) is 18.6. The minimum atomic E-state index is -1.41. The number of amides is 2. The largest absolute Gasteiger partial charge is 0.477 e. The molecule has 2 aromatic heterocycles. The molecule has 0 bridgehead atoms. The summed E-state index contributed by atoms with van der Waals surface area (Å²) in [4.78, 5) is 82.5. The van der Waals surface area contributed by atoms with E-state index in [0.717, 1.165) is 20.8 Å². The number of H-pyrrole nitrogens is 1. The average Bonchev–Trinajstić information content (AvgIpc) is 3.33. The Labute approximate surface area is 230 Å². The molecule has 204 valence electrons. The number of carboxylic acids is 1. The smallest absolute Gasteiger partial charge is 0.352 e. The number of thiocarbonyl (C=S) groups is 1. The van der Waals surface area contributed by atoms with Gasteiger partial charge in [-0.25, -0.2) is 14.9 Å². The van der Waals surface area contributed by atoms with Crippen LogP contribution in [0.2, 0.25) is 0 Å². The van der Waals surface area contributed by atoms with Crippen molar-refractivity contribution < 1.29 is 29.1 Å². The number of aromatic nitrogens is 4. The zero-order chi connectivity index (χ0) is 28.4. The van der Waals surface area contributed by atoms with Crippen molar-refractivity contribution in [3.8, 4) is 0 Å². The first kappa shape index (κ1) is 27.8. The van der Waals surface area contributed by atoms with Gasteiger partial charge >= 0.3 is 17.1 Å². The summed E-state index contributed by atoms with van der Waals surface area (Å²) in [6.45, 7) is -0.485. The first-order valence-corrected chi connectivity index (χ1v) is 13.1. The molecular formula is C20H18N8O8S3. The summed E-state index contributed by atoms with van der Waals surface area (Å²) in [6.07, 6.45) is 0.182. The molecule has 2 amide bonds. The van der Waals surface area contributed by atoms with Gasteiger partial charge in [0.05, 0.1) is 11.4 Å². The maximum atomic E-state index is 13.0. The lowest BCUT2D eigenvalue weighted by Crippen LogP contribution is -2.71. The van der Waals surface area contributed by atoms with E-state index in [4.69, 9.17) is 22.8 Å². The molecule has 4 heterocycles. The molecule has 39 heavy (non-hydrogen) atoms. The molecule has 2 atom stereocenters. The standard InChI is InChI=1S/C20H18N8O8S3/c1-36-26-10(8-6-39-20(21)22-8)14(30)23-11-16(32)28-12(19(34)35)7(5-38-18(11)28)4-9(37)13-24-25-15(31)17(33)27(13)2-3-29/h3,6,11,18H,2,4-5H2,1H3,(H2,21,22)(H,23,30)(H,25,31)(H,34,35). The van der Waals surface area contributed by atoms with E-state index < -0.39 is 46.9 Å². The zero-order valence-electron chi connectivity index (χ0n) is 19.8. The quantitative estimate of drug-likeness (QED) is 0.0447. The summed E-state index contributed by atoms with van der Waals surface area (Å²) < 4.78 is 0.781. The minimum Gasteiger partial charge on any atom is -0.477 e. The van der Waals surface area contributed by atoms with Crippen LogP contribution in [0.1, 0.15) is 17.9 Å². The van der Waals surface area contributed by atoms with Gasteiger partial charge in [0.15, 0.2) is 16.7 Å². The second-order valence-electron chi connectivity index (χ2n) is 7.87. The lowest BCUT2D eigenvalue weighted by Gasteiger charge is -2.49. The molecule has 0 aliphatic carbocycles. The van der Waals surface area contributed by atoms with Crippen LogP contribution in [0.25, 0.3) is 0 Å². The fourth-order valence-electron chi connectivity index (χ4n) is 3.88. The number of β-lactam (4-membered cyclic amide) rings is 1. The summed E-state index contributed by atoms with van der Waals surface area (Å²) >= 11 is 7.60. The Morgan fingerprint density at radius 2 is 2.15 bits per heavy atom. The summed E-state index contributed by atoms with van der Waals surface area (Å²) in [7, 11) is 1.23. The number of rotatable bonds is 10. The van der Waals surface area contributed by atoms with Crippen LogP contribution in [0.5, 0.6) is 0 Å². The number of carboxylic acid groups (broad SMARTS) is 1. The average molecular weight is 595 g/mol. The molecule has 2 unspecified atom stereocenters. The number of thiazole rings is 1. The van der Waals surface area contributed by atoms with Crippen molar-refractivity contribution in [2.75, 3.05) is 18.6 Å². The lowest BCUT2D eigenvalue weighted by atomic mass is 10.00. The molecule has 2 aromatic rings. The third kappa shape index (κ3) is 5.22. The number of hydrogen-bond donors (Lipinski definition) is 4. The van der Waals surface area contributed by atoms with E-state index in [9.17, 15) is 33.9 Å². The van der Waals surface area contributed by atoms with E-state index in [1.165, 1.54) is 24.3 Å². The highest BCUT2D eigenvalue weighted by molar-refractivity contribution is 8.00. The van der Waals surface area contributed by atoms with Gasteiger partial charge in [-0.05, 0) is 5.57 Å². The predicted octanol–water partition coefficient (Wildman–Crippen LogP) is -1.93. The number of nitrogens with one attached hydrogen (secondary N) is 2. The van der Waals surface area contributed by atoms with Crippen molar-refractivity contribution in [3.63, 3.8) is 0 Å². The highest BCUT2D eigenvalue weighted by atomic mass is 32.2. The molecule has 5 N–H and O–H groups in total. The molecular weight excluding hydrogens is 576 g/mol. The minimum absolute atomic E-state index is 0.0289. The van der Waals surface area contributed by atoms with E-state index in [1.54, 1.807) is 0 Å². The predicted molar refractivity (Wildman–Crippen MR) is 141 cm³/mol. The topological polar surface area (TPSA) is 232 Å². The van der Waals surface area contributed by atoms with Gasteiger partial charge in [-0.1, -0.05) is 17.4 Å². The number of carbonyl (C=O) groups excluding carboxylic acids is 3.